The number of carbonyl (C=O) groups excluding carboxylic acids is 2. The molecular formula is C18H21N3O4. The first-order valence-corrected chi connectivity index (χ1v) is 8.24. The molecule has 2 N–H and O–H groups in total. The molecule has 7 heteroatoms. The van der Waals surface area contributed by atoms with Gasteiger partial charge in [-0.25, -0.2) is 0 Å². The minimum atomic E-state index is -0.286. The van der Waals surface area contributed by atoms with Gasteiger partial charge >= 0.3 is 0 Å². The van der Waals surface area contributed by atoms with Gasteiger partial charge in [-0.15, -0.1) is 0 Å². The number of nitrogens with two attached hydrogens (primary N) is 1. The molecule has 1 aliphatic rings. The second-order valence-corrected chi connectivity index (χ2v) is 6.15. The van der Waals surface area contributed by atoms with E-state index in [1.807, 2.05) is 24.3 Å². The smallest absolute Gasteiger partial charge is 0.228 e. The van der Waals surface area contributed by atoms with Crippen LogP contribution in [-0.2, 0) is 16.0 Å². The van der Waals surface area contributed by atoms with Crippen molar-refractivity contribution in [1.29, 1.82) is 0 Å². The molecular weight excluding hydrogens is 322 g/mol. The fourth-order valence-electron chi connectivity index (χ4n) is 2.99. The minimum absolute atomic E-state index is 0.0200. The van der Waals surface area contributed by atoms with Crippen molar-refractivity contribution >= 4 is 11.8 Å². The summed E-state index contributed by atoms with van der Waals surface area (Å²) >= 11 is 0. The molecule has 0 unspecified atom stereocenters. The number of primary amides is 1. The molecule has 7 nitrogen and oxygen atoms in total. The van der Waals surface area contributed by atoms with Crippen LogP contribution in [0.15, 0.2) is 34.9 Å². The van der Waals surface area contributed by atoms with Crippen LogP contribution in [0.25, 0.3) is 11.3 Å². The van der Waals surface area contributed by atoms with E-state index in [0.717, 1.165) is 11.3 Å². The minimum Gasteiger partial charge on any atom is -0.497 e. The number of benzene rings is 1. The number of nitrogens with zero attached hydrogens (tertiary/aromatic N) is 2. The highest BCUT2D eigenvalue weighted by Crippen LogP contribution is 2.25. The summed E-state index contributed by atoms with van der Waals surface area (Å²) in [5.41, 5.74) is 6.74. The molecule has 2 heterocycles. The van der Waals surface area contributed by atoms with Crippen molar-refractivity contribution in [3.05, 3.63) is 36.0 Å². The van der Waals surface area contributed by atoms with Gasteiger partial charge in [0.25, 0.3) is 0 Å². The molecule has 0 atom stereocenters. The van der Waals surface area contributed by atoms with Gasteiger partial charge in [0.1, 0.15) is 5.75 Å². The lowest BCUT2D eigenvalue weighted by Crippen LogP contribution is -2.42. The molecule has 0 radical (unpaired) electrons. The number of piperidine rings is 1. The first-order valence-electron chi connectivity index (χ1n) is 8.24. The van der Waals surface area contributed by atoms with Crippen molar-refractivity contribution in [2.24, 2.45) is 11.7 Å². The van der Waals surface area contributed by atoms with E-state index in [2.05, 4.69) is 5.16 Å². The highest BCUT2D eigenvalue weighted by molar-refractivity contribution is 5.80. The maximum Gasteiger partial charge on any atom is 0.228 e. The van der Waals surface area contributed by atoms with Crippen molar-refractivity contribution in [2.75, 3.05) is 20.2 Å². The Morgan fingerprint density at radius 1 is 1.32 bits per heavy atom. The number of hydrogen-bond acceptors (Lipinski definition) is 5. The maximum absolute atomic E-state index is 12.4. The zero-order valence-electron chi connectivity index (χ0n) is 14.1. The van der Waals surface area contributed by atoms with Gasteiger partial charge in [-0.1, -0.05) is 17.3 Å². The summed E-state index contributed by atoms with van der Waals surface area (Å²) in [4.78, 5) is 25.3. The first-order chi connectivity index (χ1) is 12.1. The van der Waals surface area contributed by atoms with E-state index in [9.17, 15) is 9.59 Å². The Labute approximate surface area is 145 Å². The number of rotatable bonds is 5. The van der Waals surface area contributed by atoms with E-state index in [0.29, 0.717) is 37.4 Å². The molecule has 1 saturated heterocycles. The Morgan fingerprint density at radius 3 is 2.76 bits per heavy atom. The Bertz CT molecular complexity index is 763. The molecule has 1 aromatic heterocycles. The molecule has 0 saturated carbocycles. The summed E-state index contributed by atoms with van der Waals surface area (Å²) in [6.45, 7) is 1.10. The average molecular weight is 343 g/mol. The molecule has 0 spiro atoms. The zero-order chi connectivity index (χ0) is 17.8. The quantitative estimate of drug-likeness (QED) is 0.889. The Morgan fingerprint density at radius 2 is 2.08 bits per heavy atom. The molecule has 3 rings (SSSR count). The van der Waals surface area contributed by atoms with Gasteiger partial charge in [-0.2, -0.15) is 0 Å². The largest absolute Gasteiger partial charge is 0.497 e. The highest BCUT2D eigenvalue weighted by Gasteiger charge is 2.26. The zero-order valence-corrected chi connectivity index (χ0v) is 14.1. The first kappa shape index (κ1) is 17.0. The van der Waals surface area contributed by atoms with Crippen molar-refractivity contribution < 1.29 is 18.8 Å². The van der Waals surface area contributed by atoms with E-state index < -0.39 is 0 Å². The highest BCUT2D eigenvalue weighted by atomic mass is 16.5. The second kappa shape index (κ2) is 7.38. The van der Waals surface area contributed by atoms with Crippen LogP contribution in [0.3, 0.4) is 0 Å². The summed E-state index contributed by atoms with van der Waals surface area (Å²) in [7, 11) is 1.60. The summed E-state index contributed by atoms with van der Waals surface area (Å²) in [5.74, 6) is 0.883. The number of aromatic nitrogens is 1. The van der Waals surface area contributed by atoms with Crippen LogP contribution < -0.4 is 10.5 Å². The monoisotopic (exact) mass is 343 g/mol. The van der Waals surface area contributed by atoms with Gasteiger partial charge in [0.15, 0.2) is 5.76 Å². The fourth-order valence-corrected chi connectivity index (χ4v) is 2.99. The van der Waals surface area contributed by atoms with E-state index in [1.54, 1.807) is 18.1 Å². The molecule has 1 aliphatic heterocycles. The molecule has 132 valence electrons. The number of methoxy groups -OCH3 is 1. The third-order valence-corrected chi connectivity index (χ3v) is 4.50. The summed E-state index contributed by atoms with van der Waals surface area (Å²) in [6, 6.07) is 9.22. The SMILES string of the molecule is COc1cccc(-c2cc(CC(=O)N3CCC(C(N)=O)CC3)no2)c1. The van der Waals surface area contributed by atoms with Gasteiger partial charge in [0.05, 0.1) is 19.2 Å². The van der Waals surface area contributed by atoms with Crippen LogP contribution >= 0.6 is 0 Å². The molecule has 2 aromatic rings. The van der Waals surface area contributed by atoms with Crippen LogP contribution in [0.2, 0.25) is 0 Å². The number of likely N-dealkylation sites (tertiary alicyclic amines) is 1. The maximum atomic E-state index is 12.4. The van der Waals surface area contributed by atoms with Gasteiger partial charge in [-0.3, -0.25) is 9.59 Å². The summed E-state index contributed by atoms with van der Waals surface area (Å²) in [5, 5.41) is 3.99. The number of ether oxygens (including phenoxy) is 1. The van der Waals surface area contributed by atoms with Crippen LogP contribution in [0.4, 0.5) is 0 Å². The Balaban J connectivity index is 1.61. The second-order valence-electron chi connectivity index (χ2n) is 6.15. The standard InChI is InChI=1S/C18H21N3O4/c1-24-15-4-2-3-13(9-15)16-10-14(20-25-16)11-17(22)21-7-5-12(6-8-21)18(19)23/h2-4,9-10,12H,5-8,11H2,1H3,(H2,19,23). The molecule has 1 aromatic carbocycles. The molecule has 1 fully saturated rings. The Hall–Kier alpha value is -2.83. The molecule has 2 amide bonds. The number of amides is 2. The third kappa shape index (κ3) is 3.99. The molecule has 0 bridgehead atoms. The van der Waals surface area contributed by atoms with Crippen LogP contribution in [0.5, 0.6) is 5.75 Å². The lowest BCUT2D eigenvalue weighted by atomic mass is 9.96. The van der Waals surface area contributed by atoms with Crippen molar-refractivity contribution in [3.63, 3.8) is 0 Å². The summed E-state index contributed by atoms with van der Waals surface area (Å²) < 4.78 is 10.5. The lowest BCUT2D eigenvalue weighted by Gasteiger charge is -2.30. The normalized spacial score (nSPS) is 15.2. The van der Waals surface area contributed by atoms with E-state index in [4.69, 9.17) is 15.0 Å². The number of carbonyl (C=O) groups is 2. The van der Waals surface area contributed by atoms with Gasteiger partial charge in [0.2, 0.25) is 11.8 Å². The molecule has 25 heavy (non-hydrogen) atoms. The van der Waals surface area contributed by atoms with Crippen molar-refractivity contribution in [2.45, 2.75) is 19.3 Å². The van der Waals surface area contributed by atoms with Gasteiger partial charge in [0, 0.05) is 30.6 Å². The summed E-state index contributed by atoms with van der Waals surface area (Å²) in [6.07, 6.45) is 1.42. The topological polar surface area (TPSA) is 98.7 Å². The predicted octanol–water partition coefficient (Wildman–Crippen LogP) is 1.62. The van der Waals surface area contributed by atoms with Gasteiger partial charge in [-0.05, 0) is 25.0 Å². The van der Waals surface area contributed by atoms with Gasteiger partial charge < -0.3 is 19.9 Å². The molecule has 0 aliphatic carbocycles. The predicted molar refractivity (Wildman–Crippen MR) is 90.7 cm³/mol. The van der Waals surface area contributed by atoms with E-state index in [1.165, 1.54) is 0 Å². The van der Waals surface area contributed by atoms with Crippen molar-refractivity contribution in [3.8, 4) is 17.1 Å². The van der Waals surface area contributed by atoms with E-state index in [-0.39, 0.29) is 24.2 Å². The fraction of sp³-hybridized carbons (Fsp3) is 0.389. The van der Waals surface area contributed by atoms with Crippen LogP contribution in [-0.4, -0.2) is 42.1 Å². The average Bonchev–Trinajstić information content (AvgIpc) is 3.10. The Kier molecular flexibility index (Phi) is 5.02. The van der Waals surface area contributed by atoms with Crippen molar-refractivity contribution in [1.82, 2.24) is 10.1 Å². The van der Waals surface area contributed by atoms with E-state index >= 15 is 0 Å². The van der Waals surface area contributed by atoms with Crippen LogP contribution in [0, 0.1) is 5.92 Å². The third-order valence-electron chi connectivity index (χ3n) is 4.50. The number of hydrogen-bond donors (Lipinski definition) is 1. The lowest BCUT2D eigenvalue weighted by molar-refractivity contribution is -0.134. The van der Waals surface area contributed by atoms with Crippen LogP contribution in [0.1, 0.15) is 18.5 Å².